The lowest BCUT2D eigenvalue weighted by Gasteiger charge is -2.21. The van der Waals surface area contributed by atoms with Crippen molar-refractivity contribution in [2.24, 2.45) is 0 Å². The average molecular weight is 376 g/mol. The maximum atomic E-state index is 12.5. The number of rotatable bonds is 5. The second kappa shape index (κ2) is 8.77. The summed E-state index contributed by atoms with van der Waals surface area (Å²) >= 11 is 0. The number of hydrogen-bond acceptors (Lipinski definition) is 1. The molecule has 0 aliphatic heterocycles. The minimum absolute atomic E-state index is 0.0375. The first-order valence-corrected chi connectivity index (χ1v) is 10.6. The zero-order chi connectivity index (χ0) is 20.1. The van der Waals surface area contributed by atoms with Crippen LogP contribution in [0.5, 0.6) is 0 Å². The lowest BCUT2D eigenvalue weighted by molar-refractivity contribution is -0.117. The predicted molar refractivity (Wildman–Crippen MR) is 118 cm³/mol. The van der Waals surface area contributed by atoms with Crippen molar-refractivity contribution in [3.05, 3.63) is 76.4 Å². The first-order chi connectivity index (χ1) is 13.4. The number of carbonyl (C=O) groups excluding carboxylic acids is 1. The van der Waals surface area contributed by atoms with Gasteiger partial charge >= 0.3 is 0 Å². The highest BCUT2D eigenvalue weighted by Crippen LogP contribution is 2.26. The maximum absolute atomic E-state index is 12.5. The summed E-state index contributed by atoms with van der Waals surface area (Å²) in [6.45, 7) is 8.74. The molecule has 0 heterocycles. The summed E-state index contributed by atoms with van der Waals surface area (Å²) in [6.07, 6.45) is 9.35. The Bertz CT molecular complexity index is 840. The second-order valence-corrected chi connectivity index (χ2v) is 8.91. The Morgan fingerprint density at radius 3 is 2.36 bits per heavy atom. The van der Waals surface area contributed by atoms with Crippen molar-refractivity contribution < 1.29 is 4.79 Å². The van der Waals surface area contributed by atoms with Crippen LogP contribution in [-0.2, 0) is 23.1 Å². The SMILES string of the molecule is CC[C@H](NC(=O)/C=C/c1ccc(C(C)(C)C)cc1)c1ccc2c(c1)CCCC2. The topological polar surface area (TPSA) is 29.1 Å². The molecule has 0 fully saturated rings. The van der Waals surface area contributed by atoms with Crippen LogP contribution >= 0.6 is 0 Å². The van der Waals surface area contributed by atoms with Crippen LogP contribution < -0.4 is 5.32 Å². The van der Waals surface area contributed by atoms with Gasteiger partial charge in [-0.3, -0.25) is 4.79 Å². The van der Waals surface area contributed by atoms with E-state index < -0.39 is 0 Å². The van der Waals surface area contributed by atoms with Crippen molar-refractivity contribution in [1.29, 1.82) is 0 Å². The maximum Gasteiger partial charge on any atom is 0.244 e. The molecule has 0 bridgehead atoms. The fourth-order valence-corrected chi connectivity index (χ4v) is 3.88. The highest BCUT2D eigenvalue weighted by molar-refractivity contribution is 5.92. The van der Waals surface area contributed by atoms with E-state index in [1.165, 1.54) is 41.5 Å². The van der Waals surface area contributed by atoms with Gasteiger partial charge in [0.2, 0.25) is 5.91 Å². The highest BCUT2D eigenvalue weighted by Gasteiger charge is 2.15. The van der Waals surface area contributed by atoms with Crippen molar-refractivity contribution in [1.82, 2.24) is 5.32 Å². The first-order valence-electron chi connectivity index (χ1n) is 10.6. The standard InChI is InChI=1S/C26H33NO/c1-5-24(22-14-13-20-8-6-7-9-21(20)18-22)27-25(28)17-12-19-10-15-23(16-11-19)26(2,3)4/h10-18,24H,5-9H2,1-4H3,(H,27,28)/b17-12+/t24-/m0/s1. The van der Waals surface area contributed by atoms with E-state index in [2.05, 4.69) is 75.5 Å². The van der Waals surface area contributed by atoms with E-state index in [1.807, 2.05) is 6.08 Å². The number of hydrogen-bond donors (Lipinski definition) is 1. The summed E-state index contributed by atoms with van der Waals surface area (Å²) < 4.78 is 0. The average Bonchev–Trinajstić information content (AvgIpc) is 2.69. The zero-order valence-corrected chi connectivity index (χ0v) is 17.7. The summed E-state index contributed by atoms with van der Waals surface area (Å²) in [4.78, 5) is 12.5. The molecule has 1 aliphatic rings. The molecule has 2 aromatic rings. The number of carbonyl (C=O) groups is 1. The van der Waals surface area contributed by atoms with E-state index in [0.29, 0.717) is 0 Å². The zero-order valence-electron chi connectivity index (χ0n) is 17.7. The molecule has 1 N–H and O–H groups in total. The summed E-state index contributed by atoms with van der Waals surface area (Å²) in [5, 5.41) is 3.17. The van der Waals surface area contributed by atoms with Crippen molar-refractivity contribution in [3.8, 4) is 0 Å². The second-order valence-electron chi connectivity index (χ2n) is 8.91. The van der Waals surface area contributed by atoms with Gasteiger partial charge in [0, 0.05) is 6.08 Å². The van der Waals surface area contributed by atoms with Crippen LogP contribution in [0.15, 0.2) is 48.5 Å². The Labute approximate surface area is 170 Å². The van der Waals surface area contributed by atoms with Gasteiger partial charge < -0.3 is 5.32 Å². The Morgan fingerprint density at radius 2 is 1.71 bits per heavy atom. The Balaban J connectivity index is 1.65. The largest absolute Gasteiger partial charge is 0.346 e. The van der Waals surface area contributed by atoms with Crippen LogP contribution in [0, 0.1) is 0 Å². The molecule has 0 spiro atoms. The molecule has 1 atom stereocenters. The van der Waals surface area contributed by atoms with Gasteiger partial charge in [-0.2, -0.15) is 0 Å². The van der Waals surface area contributed by atoms with Crippen molar-refractivity contribution in [2.45, 2.75) is 71.3 Å². The molecule has 28 heavy (non-hydrogen) atoms. The minimum atomic E-state index is -0.0375. The molecule has 0 radical (unpaired) electrons. The molecule has 0 unspecified atom stereocenters. The van der Waals surface area contributed by atoms with Crippen LogP contribution in [0.4, 0.5) is 0 Å². The highest BCUT2D eigenvalue weighted by atomic mass is 16.1. The first kappa shape index (κ1) is 20.4. The summed E-state index contributed by atoms with van der Waals surface area (Å²) in [7, 11) is 0. The molecular weight excluding hydrogens is 342 g/mol. The quantitative estimate of drug-likeness (QED) is 0.625. The van der Waals surface area contributed by atoms with Crippen molar-refractivity contribution in [2.75, 3.05) is 0 Å². The molecular formula is C26H33NO. The fourth-order valence-electron chi connectivity index (χ4n) is 3.88. The minimum Gasteiger partial charge on any atom is -0.346 e. The lowest BCUT2D eigenvalue weighted by Crippen LogP contribution is -2.26. The third kappa shape index (κ3) is 5.13. The molecule has 0 saturated carbocycles. The molecule has 2 nitrogen and oxygen atoms in total. The summed E-state index contributed by atoms with van der Waals surface area (Å²) in [5.41, 5.74) is 6.65. The molecule has 0 aromatic heterocycles. The normalized spacial score (nSPS) is 15.3. The molecule has 1 aliphatic carbocycles. The van der Waals surface area contributed by atoms with Gasteiger partial charge in [-0.05, 0) is 71.4 Å². The van der Waals surface area contributed by atoms with Crippen molar-refractivity contribution in [3.63, 3.8) is 0 Å². The number of nitrogens with one attached hydrogen (secondary N) is 1. The van der Waals surface area contributed by atoms with Crippen LogP contribution in [0.1, 0.15) is 80.8 Å². The monoisotopic (exact) mass is 375 g/mol. The Kier molecular flexibility index (Phi) is 6.39. The van der Waals surface area contributed by atoms with E-state index in [-0.39, 0.29) is 17.4 Å². The smallest absolute Gasteiger partial charge is 0.244 e. The van der Waals surface area contributed by atoms with E-state index in [1.54, 1.807) is 6.08 Å². The van der Waals surface area contributed by atoms with Crippen LogP contribution in [0.2, 0.25) is 0 Å². The third-order valence-corrected chi connectivity index (χ3v) is 5.70. The van der Waals surface area contributed by atoms with Gasteiger partial charge in [-0.15, -0.1) is 0 Å². The molecule has 2 heteroatoms. The lowest BCUT2D eigenvalue weighted by atomic mass is 9.87. The summed E-state index contributed by atoms with van der Waals surface area (Å²) in [6, 6.07) is 15.2. The summed E-state index contributed by atoms with van der Waals surface area (Å²) in [5.74, 6) is -0.0375. The van der Waals surface area contributed by atoms with E-state index in [4.69, 9.17) is 0 Å². The molecule has 2 aromatic carbocycles. The van der Waals surface area contributed by atoms with Gasteiger partial charge in [0.05, 0.1) is 6.04 Å². The van der Waals surface area contributed by atoms with Gasteiger partial charge in [-0.1, -0.05) is 70.2 Å². The van der Waals surface area contributed by atoms with Crippen LogP contribution in [0.25, 0.3) is 6.08 Å². The van der Waals surface area contributed by atoms with Gasteiger partial charge in [0.15, 0.2) is 0 Å². The van der Waals surface area contributed by atoms with Crippen LogP contribution in [0.3, 0.4) is 0 Å². The number of fused-ring (bicyclic) bond motifs is 1. The van der Waals surface area contributed by atoms with Gasteiger partial charge in [-0.25, -0.2) is 0 Å². The van der Waals surface area contributed by atoms with Gasteiger partial charge in [0.25, 0.3) is 0 Å². The van der Waals surface area contributed by atoms with E-state index in [9.17, 15) is 4.79 Å². The van der Waals surface area contributed by atoms with Crippen LogP contribution in [-0.4, -0.2) is 5.91 Å². The fraction of sp³-hybridized carbons (Fsp3) is 0.423. The molecule has 0 saturated heterocycles. The third-order valence-electron chi connectivity index (χ3n) is 5.70. The molecule has 148 valence electrons. The van der Waals surface area contributed by atoms with E-state index in [0.717, 1.165) is 18.4 Å². The molecule has 1 amide bonds. The van der Waals surface area contributed by atoms with Gasteiger partial charge in [0.1, 0.15) is 0 Å². The van der Waals surface area contributed by atoms with E-state index >= 15 is 0 Å². The Morgan fingerprint density at radius 1 is 1.04 bits per heavy atom. The predicted octanol–water partition coefficient (Wildman–Crippen LogP) is 6.14. The number of benzene rings is 2. The number of aryl methyl sites for hydroxylation is 2. The Hall–Kier alpha value is -2.35. The molecule has 3 rings (SSSR count). The van der Waals surface area contributed by atoms with Crippen molar-refractivity contribution >= 4 is 12.0 Å². The number of amides is 1.